The Kier molecular flexibility index (Phi) is 18.4. The summed E-state index contributed by atoms with van der Waals surface area (Å²) in [5, 5.41) is 10.5. The second-order valence-electron chi connectivity index (χ2n) is 5.24. The summed E-state index contributed by atoms with van der Waals surface area (Å²) in [6.07, 6.45) is 18.3. The SMILES string of the molecule is CCCCCCCCCCCCCCCSSC#N. The molecule has 3 heteroatoms. The van der Waals surface area contributed by atoms with Gasteiger partial charge in [0.15, 0.2) is 0 Å². The number of rotatable bonds is 15. The minimum absolute atomic E-state index is 1.13. The molecule has 0 heterocycles. The predicted octanol–water partition coefficient (Wildman–Crippen LogP) is 6.94. The van der Waals surface area contributed by atoms with Crippen molar-refractivity contribution in [3.63, 3.8) is 0 Å². The molecule has 0 bridgehead atoms. The van der Waals surface area contributed by atoms with E-state index in [1.807, 2.05) is 0 Å². The van der Waals surface area contributed by atoms with Crippen molar-refractivity contribution in [2.24, 2.45) is 0 Å². The fourth-order valence-electron chi connectivity index (χ4n) is 2.25. The van der Waals surface area contributed by atoms with E-state index < -0.39 is 0 Å². The first-order chi connectivity index (χ1) is 9.41. The summed E-state index contributed by atoms with van der Waals surface area (Å²) in [5.41, 5.74) is 0. The molecular formula is C16H31NS2. The Labute approximate surface area is 128 Å². The van der Waals surface area contributed by atoms with E-state index in [0.29, 0.717) is 0 Å². The van der Waals surface area contributed by atoms with Crippen LogP contribution in [-0.2, 0) is 0 Å². The maximum atomic E-state index is 8.36. The normalized spacial score (nSPS) is 10.5. The molecule has 0 spiro atoms. The highest BCUT2D eigenvalue weighted by Gasteiger charge is 1.94. The molecule has 112 valence electrons. The third-order valence-corrected chi connectivity index (χ3v) is 5.15. The monoisotopic (exact) mass is 301 g/mol. The molecular weight excluding hydrogens is 270 g/mol. The van der Waals surface area contributed by atoms with E-state index in [9.17, 15) is 0 Å². The summed E-state index contributed by atoms with van der Waals surface area (Å²) in [6, 6.07) is 0. The van der Waals surface area contributed by atoms with Gasteiger partial charge in [0, 0.05) is 16.5 Å². The van der Waals surface area contributed by atoms with Crippen LogP contribution in [0.4, 0.5) is 0 Å². The fraction of sp³-hybridized carbons (Fsp3) is 0.938. The molecule has 0 aromatic carbocycles. The Morgan fingerprint density at radius 2 is 1.11 bits per heavy atom. The Hall–Kier alpha value is 0.190. The highest BCUT2D eigenvalue weighted by atomic mass is 33.1. The van der Waals surface area contributed by atoms with E-state index >= 15 is 0 Å². The van der Waals surface area contributed by atoms with Crippen LogP contribution in [0.5, 0.6) is 0 Å². The number of hydrogen-bond acceptors (Lipinski definition) is 3. The van der Waals surface area contributed by atoms with E-state index in [1.165, 1.54) is 94.3 Å². The van der Waals surface area contributed by atoms with Crippen LogP contribution in [0.3, 0.4) is 0 Å². The second-order valence-corrected chi connectivity index (χ2v) is 7.44. The van der Waals surface area contributed by atoms with Gasteiger partial charge in [-0.1, -0.05) is 94.8 Å². The van der Waals surface area contributed by atoms with Gasteiger partial charge in [0.1, 0.15) is 5.40 Å². The van der Waals surface area contributed by atoms with Crippen LogP contribution in [-0.4, -0.2) is 5.75 Å². The van der Waals surface area contributed by atoms with Gasteiger partial charge in [-0.2, -0.15) is 5.26 Å². The zero-order chi connectivity index (χ0) is 14.0. The van der Waals surface area contributed by atoms with E-state index in [4.69, 9.17) is 5.26 Å². The van der Waals surface area contributed by atoms with Crippen LogP contribution >= 0.6 is 21.6 Å². The molecule has 1 nitrogen and oxygen atoms in total. The van der Waals surface area contributed by atoms with Crippen molar-refractivity contribution in [3.8, 4) is 5.40 Å². The number of nitrogens with zero attached hydrogens (tertiary/aromatic N) is 1. The van der Waals surface area contributed by atoms with Gasteiger partial charge in [0.2, 0.25) is 0 Å². The summed E-state index contributed by atoms with van der Waals surface area (Å²) in [4.78, 5) is 0. The molecule has 0 saturated carbocycles. The van der Waals surface area contributed by atoms with Gasteiger partial charge in [0.05, 0.1) is 0 Å². The van der Waals surface area contributed by atoms with Gasteiger partial charge in [-0.25, -0.2) is 0 Å². The highest BCUT2D eigenvalue weighted by Crippen LogP contribution is 2.21. The van der Waals surface area contributed by atoms with Crippen molar-refractivity contribution < 1.29 is 0 Å². The third kappa shape index (κ3) is 18.2. The van der Waals surface area contributed by atoms with Crippen LogP contribution in [0.2, 0.25) is 0 Å². The lowest BCUT2D eigenvalue weighted by Crippen LogP contribution is -1.83. The average Bonchev–Trinajstić information content (AvgIpc) is 2.43. The van der Waals surface area contributed by atoms with Crippen LogP contribution < -0.4 is 0 Å². The molecule has 0 saturated heterocycles. The first-order valence-electron chi connectivity index (χ1n) is 8.09. The van der Waals surface area contributed by atoms with E-state index in [2.05, 4.69) is 12.3 Å². The van der Waals surface area contributed by atoms with Crippen LogP contribution in [0.25, 0.3) is 0 Å². The minimum atomic E-state index is 1.13. The zero-order valence-corrected chi connectivity index (χ0v) is 14.3. The third-order valence-electron chi connectivity index (χ3n) is 3.43. The van der Waals surface area contributed by atoms with E-state index in [0.717, 1.165) is 5.75 Å². The molecule has 0 unspecified atom stereocenters. The quantitative estimate of drug-likeness (QED) is 0.186. The maximum Gasteiger partial charge on any atom is 0.144 e. The van der Waals surface area contributed by atoms with E-state index in [-0.39, 0.29) is 0 Å². The highest BCUT2D eigenvalue weighted by molar-refractivity contribution is 8.78. The van der Waals surface area contributed by atoms with E-state index in [1.54, 1.807) is 10.8 Å². The maximum absolute atomic E-state index is 8.36. The number of unbranched alkanes of at least 4 members (excludes halogenated alkanes) is 12. The number of nitriles is 1. The van der Waals surface area contributed by atoms with Crippen molar-refractivity contribution in [1.82, 2.24) is 0 Å². The fourth-order valence-corrected chi connectivity index (χ4v) is 3.47. The summed E-state index contributed by atoms with van der Waals surface area (Å²) < 4.78 is 0. The molecule has 19 heavy (non-hydrogen) atoms. The van der Waals surface area contributed by atoms with Crippen LogP contribution in [0, 0.1) is 10.7 Å². The Morgan fingerprint density at radius 3 is 1.53 bits per heavy atom. The first-order valence-corrected chi connectivity index (χ1v) is 10.4. The lowest BCUT2D eigenvalue weighted by atomic mass is 10.1. The molecule has 0 aliphatic rings. The number of hydrogen-bond donors (Lipinski definition) is 0. The molecule has 0 amide bonds. The molecule has 0 fully saturated rings. The van der Waals surface area contributed by atoms with Crippen molar-refractivity contribution >= 4 is 21.6 Å². The predicted molar refractivity (Wildman–Crippen MR) is 91.4 cm³/mol. The smallest absolute Gasteiger partial charge is 0.144 e. The molecule has 0 aliphatic carbocycles. The van der Waals surface area contributed by atoms with Gasteiger partial charge in [0.25, 0.3) is 0 Å². The topological polar surface area (TPSA) is 23.8 Å². The Bertz CT molecular complexity index is 201. The molecule has 0 N–H and O–H groups in total. The minimum Gasteiger partial charge on any atom is -0.184 e. The summed E-state index contributed by atoms with van der Waals surface area (Å²) in [7, 11) is 3.01. The van der Waals surface area contributed by atoms with Gasteiger partial charge in [-0.3, -0.25) is 0 Å². The van der Waals surface area contributed by atoms with Crippen molar-refractivity contribution in [2.45, 2.75) is 90.4 Å². The van der Waals surface area contributed by atoms with Crippen molar-refractivity contribution in [1.29, 1.82) is 5.26 Å². The molecule has 0 aliphatic heterocycles. The zero-order valence-electron chi connectivity index (χ0n) is 12.7. The molecule has 0 aromatic heterocycles. The molecule has 0 rings (SSSR count). The Morgan fingerprint density at radius 1 is 0.684 bits per heavy atom. The van der Waals surface area contributed by atoms with Gasteiger partial charge < -0.3 is 0 Å². The van der Waals surface area contributed by atoms with Crippen molar-refractivity contribution in [2.75, 3.05) is 5.75 Å². The first kappa shape index (κ1) is 19.2. The average molecular weight is 302 g/mol. The molecule has 0 atom stereocenters. The van der Waals surface area contributed by atoms with Gasteiger partial charge in [-0.15, -0.1) is 0 Å². The lowest BCUT2D eigenvalue weighted by molar-refractivity contribution is 0.543. The van der Waals surface area contributed by atoms with Crippen LogP contribution in [0.1, 0.15) is 90.4 Å². The standard InChI is InChI=1S/C16H31NS2/c1-2-3-4-5-6-7-8-9-10-11-12-13-14-15-18-19-16-17/h2-15H2,1H3. The van der Waals surface area contributed by atoms with Crippen LogP contribution in [0.15, 0.2) is 0 Å². The van der Waals surface area contributed by atoms with Gasteiger partial charge in [-0.05, 0) is 6.42 Å². The summed E-state index contributed by atoms with van der Waals surface area (Å²) in [6.45, 7) is 2.28. The summed E-state index contributed by atoms with van der Waals surface area (Å²) >= 11 is 0. The molecule has 0 radical (unpaired) electrons. The molecule has 0 aromatic rings. The largest absolute Gasteiger partial charge is 0.184 e. The second kappa shape index (κ2) is 18.2. The summed E-state index contributed by atoms with van der Waals surface area (Å²) in [5.74, 6) is 1.13. The number of thiocyanates is 1. The van der Waals surface area contributed by atoms with Gasteiger partial charge >= 0.3 is 0 Å². The van der Waals surface area contributed by atoms with Crippen molar-refractivity contribution in [3.05, 3.63) is 0 Å². The lowest BCUT2D eigenvalue weighted by Gasteiger charge is -2.02. The Balaban J connectivity index is 2.90.